The van der Waals surface area contributed by atoms with Gasteiger partial charge >= 0.3 is 0 Å². The zero-order valence-electron chi connectivity index (χ0n) is 9.16. The van der Waals surface area contributed by atoms with Crippen LogP contribution in [0.3, 0.4) is 0 Å². The van der Waals surface area contributed by atoms with Gasteiger partial charge in [0.2, 0.25) is 0 Å². The van der Waals surface area contributed by atoms with Gasteiger partial charge in [-0.05, 0) is 25.5 Å². The Morgan fingerprint density at radius 2 is 2.31 bits per heavy atom. The fourth-order valence-electron chi connectivity index (χ4n) is 1.30. The van der Waals surface area contributed by atoms with E-state index in [2.05, 4.69) is 5.32 Å². The molecule has 0 spiro atoms. The van der Waals surface area contributed by atoms with Crippen molar-refractivity contribution in [1.82, 2.24) is 5.32 Å². The van der Waals surface area contributed by atoms with Crippen molar-refractivity contribution < 1.29 is 9.90 Å². The number of nitrogens with zero attached hydrogens (tertiary/aromatic N) is 1. The molecular weight excluding hydrogens is 204 g/mol. The second-order valence-electron chi connectivity index (χ2n) is 3.54. The number of phenols is 1. The van der Waals surface area contributed by atoms with Gasteiger partial charge in [-0.2, -0.15) is 5.26 Å². The Morgan fingerprint density at radius 1 is 1.56 bits per heavy atom. The van der Waals surface area contributed by atoms with Gasteiger partial charge in [0.25, 0.3) is 5.91 Å². The van der Waals surface area contributed by atoms with Crippen molar-refractivity contribution in [3.05, 3.63) is 29.3 Å². The van der Waals surface area contributed by atoms with E-state index in [0.29, 0.717) is 19.4 Å². The van der Waals surface area contributed by atoms with E-state index in [1.54, 1.807) is 12.1 Å². The van der Waals surface area contributed by atoms with E-state index in [4.69, 9.17) is 5.26 Å². The van der Waals surface area contributed by atoms with Gasteiger partial charge < -0.3 is 10.4 Å². The minimum Gasteiger partial charge on any atom is -0.507 e. The summed E-state index contributed by atoms with van der Waals surface area (Å²) in [6.45, 7) is 2.30. The Balaban J connectivity index is 2.59. The summed E-state index contributed by atoms with van der Waals surface area (Å²) in [6.07, 6.45) is 1.04. The molecule has 0 bridgehead atoms. The summed E-state index contributed by atoms with van der Waals surface area (Å²) >= 11 is 0. The number of phenolic OH excluding ortho intramolecular Hbond substituents is 1. The van der Waals surface area contributed by atoms with E-state index in [9.17, 15) is 9.90 Å². The molecule has 2 N–H and O–H groups in total. The highest BCUT2D eigenvalue weighted by atomic mass is 16.3. The van der Waals surface area contributed by atoms with Crippen LogP contribution in [0.5, 0.6) is 5.75 Å². The summed E-state index contributed by atoms with van der Waals surface area (Å²) in [5.41, 5.74) is 1.19. The molecule has 0 atom stereocenters. The molecule has 0 fully saturated rings. The summed E-state index contributed by atoms with van der Waals surface area (Å²) < 4.78 is 0. The lowest BCUT2D eigenvalue weighted by Crippen LogP contribution is -2.24. The summed E-state index contributed by atoms with van der Waals surface area (Å²) in [4.78, 5) is 11.6. The van der Waals surface area contributed by atoms with Crippen LogP contribution < -0.4 is 5.32 Å². The first kappa shape index (κ1) is 12.1. The number of benzene rings is 1. The van der Waals surface area contributed by atoms with Crippen LogP contribution in [-0.4, -0.2) is 17.6 Å². The van der Waals surface area contributed by atoms with Gasteiger partial charge in [-0.3, -0.25) is 4.79 Å². The quantitative estimate of drug-likeness (QED) is 0.756. The van der Waals surface area contributed by atoms with Gasteiger partial charge in [-0.1, -0.05) is 11.6 Å². The maximum absolute atomic E-state index is 11.6. The number of amides is 1. The molecule has 0 aliphatic carbocycles. The third kappa shape index (κ3) is 3.28. The first-order valence-corrected chi connectivity index (χ1v) is 5.10. The lowest BCUT2D eigenvalue weighted by molar-refractivity contribution is 0.0950. The second kappa shape index (κ2) is 5.76. The van der Waals surface area contributed by atoms with Crippen LogP contribution in [0.1, 0.15) is 28.8 Å². The van der Waals surface area contributed by atoms with Crippen LogP contribution in [0.4, 0.5) is 0 Å². The molecule has 0 unspecified atom stereocenters. The number of aromatic hydroxyl groups is 1. The van der Waals surface area contributed by atoms with Crippen molar-refractivity contribution in [2.45, 2.75) is 19.8 Å². The number of carbonyl (C=O) groups is 1. The molecule has 4 nitrogen and oxygen atoms in total. The van der Waals surface area contributed by atoms with E-state index < -0.39 is 0 Å². The van der Waals surface area contributed by atoms with Crippen molar-refractivity contribution in [2.75, 3.05) is 6.54 Å². The summed E-state index contributed by atoms with van der Waals surface area (Å²) in [5.74, 6) is -0.331. The number of hydrogen-bond donors (Lipinski definition) is 2. The Morgan fingerprint density at radius 3 is 3.00 bits per heavy atom. The van der Waals surface area contributed by atoms with E-state index in [-0.39, 0.29) is 17.2 Å². The van der Waals surface area contributed by atoms with Gasteiger partial charge in [0.05, 0.1) is 11.6 Å². The molecule has 84 valence electrons. The molecule has 0 radical (unpaired) electrons. The van der Waals surface area contributed by atoms with Gasteiger partial charge in [-0.15, -0.1) is 0 Å². The van der Waals surface area contributed by atoms with Crippen molar-refractivity contribution in [1.29, 1.82) is 5.26 Å². The lowest BCUT2D eigenvalue weighted by atomic mass is 10.1. The molecule has 1 rings (SSSR count). The van der Waals surface area contributed by atoms with Crippen LogP contribution in [0.25, 0.3) is 0 Å². The molecule has 0 aliphatic heterocycles. The number of nitriles is 1. The Hall–Kier alpha value is -2.02. The number of rotatable bonds is 4. The third-order valence-corrected chi connectivity index (χ3v) is 2.15. The molecule has 1 aromatic rings. The summed E-state index contributed by atoms with van der Waals surface area (Å²) in [5, 5.41) is 20.5. The van der Waals surface area contributed by atoms with Crippen LogP contribution in [0.15, 0.2) is 18.2 Å². The first-order valence-electron chi connectivity index (χ1n) is 5.10. The minimum absolute atomic E-state index is 0.0246. The topological polar surface area (TPSA) is 73.1 Å². The molecule has 1 amide bonds. The van der Waals surface area contributed by atoms with Crippen LogP contribution in [0, 0.1) is 18.3 Å². The molecule has 0 aliphatic rings. The standard InChI is InChI=1S/C12H14N2O2/c1-9-4-5-11(15)10(8-9)12(16)14-7-3-2-6-13/h4-5,8,15H,2-3,7H2,1H3,(H,14,16). The molecule has 0 saturated carbocycles. The summed E-state index contributed by atoms with van der Waals surface area (Å²) in [7, 11) is 0. The van der Waals surface area contributed by atoms with E-state index in [1.165, 1.54) is 6.07 Å². The average Bonchev–Trinajstić information content (AvgIpc) is 2.27. The zero-order valence-corrected chi connectivity index (χ0v) is 9.16. The van der Waals surface area contributed by atoms with Gasteiger partial charge in [-0.25, -0.2) is 0 Å². The highest BCUT2D eigenvalue weighted by Crippen LogP contribution is 2.17. The molecule has 1 aromatic carbocycles. The van der Waals surface area contributed by atoms with E-state index >= 15 is 0 Å². The maximum Gasteiger partial charge on any atom is 0.255 e. The predicted molar refractivity (Wildman–Crippen MR) is 60.0 cm³/mol. The van der Waals surface area contributed by atoms with Crippen LogP contribution in [0.2, 0.25) is 0 Å². The van der Waals surface area contributed by atoms with Gasteiger partial charge in [0.15, 0.2) is 0 Å². The Labute approximate surface area is 94.5 Å². The fraction of sp³-hybridized carbons (Fsp3) is 0.333. The van der Waals surface area contributed by atoms with E-state index in [1.807, 2.05) is 13.0 Å². The normalized spacial score (nSPS) is 9.50. The van der Waals surface area contributed by atoms with Crippen molar-refractivity contribution in [3.63, 3.8) is 0 Å². The molecular formula is C12H14N2O2. The Kier molecular flexibility index (Phi) is 4.34. The predicted octanol–water partition coefficient (Wildman–Crippen LogP) is 1.73. The monoisotopic (exact) mass is 218 g/mol. The molecule has 4 heteroatoms. The number of hydrogen-bond acceptors (Lipinski definition) is 3. The van der Waals surface area contributed by atoms with Crippen molar-refractivity contribution in [2.24, 2.45) is 0 Å². The zero-order chi connectivity index (χ0) is 12.0. The molecule has 0 heterocycles. The van der Waals surface area contributed by atoms with Crippen molar-refractivity contribution in [3.8, 4) is 11.8 Å². The number of carbonyl (C=O) groups excluding carboxylic acids is 1. The minimum atomic E-state index is -0.306. The molecule has 0 aromatic heterocycles. The molecule has 0 saturated heterocycles. The van der Waals surface area contributed by atoms with Gasteiger partial charge in [0.1, 0.15) is 5.75 Å². The smallest absolute Gasteiger partial charge is 0.255 e. The number of nitrogens with one attached hydrogen (secondary N) is 1. The second-order valence-corrected chi connectivity index (χ2v) is 3.54. The highest BCUT2D eigenvalue weighted by molar-refractivity contribution is 5.96. The molecule has 16 heavy (non-hydrogen) atoms. The number of aryl methyl sites for hydroxylation is 1. The number of unbranched alkanes of at least 4 members (excludes halogenated alkanes) is 1. The van der Waals surface area contributed by atoms with E-state index in [0.717, 1.165) is 5.56 Å². The van der Waals surface area contributed by atoms with Crippen LogP contribution >= 0.6 is 0 Å². The highest BCUT2D eigenvalue weighted by Gasteiger charge is 2.09. The fourth-order valence-corrected chi connectivity index (χ4v) is 1.30. The Bertz CT molecular complexity index is 422. The third-order valence-electron chi connectivity index (χ3n) is 2.15. The van der Waals surface area contributed by atoms with Crippen LogP contribution in [-0.2, 0) is 0 Å². The lowest BCUT2D eigenvalue weighted by Gasteiger charge is -2.06. The SMILES string of the molecule is Cc1ccc(O)c(C(=O)NCCCC#N)c1. The maximum atomic E-state index is 11.6. The summed E-state index contributed by atoms with van der Waals surface area (Å²) in [6, 6.07) is 6.87. The first-order chi connectivity index (χ1) is 7.65. The van der Waals surface area contributed by atoms with Gasteiger partial charge in [0, 0.05) is 13.0 Å². The largest absolute Gasteiger partial charge is 0.507 e. The van der Waals surface area contributed by atoms with Crippen molar-refractivity contribution >= 4 is 5.91 Å². The average molecular weight is 218 g/mol.